The first-order valence-corrected chi connectivity index (χ1v) is 9.13. The fraction of sp³-hybridized carbons (Fsp3) is 0.895. The van der Waals surface area contributed by atoms with Crippen LogP contribution in [0.1, 0.15) is 79.1 Å². The van der Waals surface area contributed by atoms with Crippen LogP contribution >= 0.6 is 0 Å². The summed E-state index contributed by atoms with van der Waals surface area (Å²) in [6.45, 7) is 7.63. The maximum Gasteiger partial charge on any atom is 0.311 e. The molecule has 23 heavy (non-hydrogen) atoms. The van der Waals surface area contributed by atoms with E-state index >= 15 is 0 Å². The molecule has 0 aromatic rings. The molecular weight excluding hydrogens is 292 g/mol. The predicted molar refractivity (Wildman–Crippen MR) is 88.8 cm³/mol. The highest BCUT2D eigenvalue weighted by Crippen LogP contribution is 2.47. The summed E-state index contributed by atoms with van der Waals surface area (Å²) >= 11 is 0. The SMILES string of the molecule is CCC(C)(C)C(=O)OCCC1(OC(C)=O)CC2CCCC(C2)C1. The predicted octanol–water partition coefficient (Wildman–Crippen LogP) is 4.26. The zero-order valence-electron chi connectivity index (χ0n) is 15.2. The molecule has 4 heteroatoms. The van der Waals surface area contributed by atoms with Crippen LogP contribution in [0.15, 0.2) is 0 Å². The maximum absolute atomic E-state index is 12.1. The van der Waals surface area contributed by atoms with E-state index in [9.17, 15) is 9.59 Å². The third-order valence-corrected chi connectivity index (χ3v) is 5.80. The summed E-state index contributed by atoms with van der Waals surface area (Å²) in [7, 11) is 0. The number of fused-ring (bicyclic) bond motifs is 2. The van der Waals surface area contributed by atoms with Gasteiger partial charge >= 0.3 is 11.9 Å². The number of hydrogen-bond donors (Lipinski definition) is 0. The number of carbonyl (C=O) groups excluding carboxylic acids is 2. The molecule has 132 valence electrons. The number of carbonyl (C=O) groups is 2. The third kappa shape index (κ3) is 4.71. The molecule has 0 amide bonds. The Kier molecular flexibility index (Phi) is 5.74. The Morgan fingerprint density at radius 2 is 1.78 bits per heavy atom. The fourth-order valence-corrected chi connectivity index (χ4v) is 4.22. The van der Waals surface area contributed by atoms with Crippen LogP contribution in [0.3, 0.4) is 0 Å². The Hall–Kier alpha value is -1.06. The van der Waals surface area contributed by atoms with Crippen molar-refractivity contribution in [3.8, 4) is 0 Å². The minimum atomic E-state index is -0.447. The molecule has 0 aromatic carbocycles. The van der Waals surface area contributed by atoms with Gasteiger partial charge in [-0.25, -0.2) is 0 Å². The molecule has 0 saturated heterocycles. The molecule has 0 heterocycles. The van der Waals surface area contributed by atoms with E-state index in [1.54, 1.807) is 0 Å². The monoisotopic (exact) mass is 324 g/mol. The summed E-state index contributed by atoms with van der Waals surface area (Å²) in [4.78, 5) is 23.7. The van der Waals surface area contributed by atoms with E-state index in [1.165, 1.54) is 32.6 Å². The molecule has 0 spiro atoms. The van der Waals surface area contributed by atoms with E-state index in [-0.39, 0.29) is 11.9 Å². The molecule has 0 aliphatic heterocycles. The van der Waals surface area contributed by atoms with Crippen molar-refractivity contribution in [3.05, 3.63) is 0 Å². The molecular formula is C19H32O4. The van der Waals surface area contributed by atoms with Crippen molar-refractivity contribution >= 4 is 11.9 Å². The smallest absolute Gasteiger partial charge is 0.311 e. The van der Waals surface area contributed by atoms with Crippen LogP contribution in [0.5, 0.6) is 0 Å². The Morgan fingerprint density at radius 3 is 2.30 bits per heavy atom. The summed E-state index contributed by atoms with van der Waals surface area (Å²) in [5, 5.41) is 0. The summed E-state index contributed by atoms with van der Waals surface area (Å²) in [6, 6.07) is 0. The molecule has 0 aromatic heterocycles. The van der Waals surface area contributed by atoms with Crippen molar-refractivity contribution in [2.24, 2.45) is 17.3 Å². The first kappa shape index (κ1) is 18.3. The van der Waals surface area contributed by atoms with Crippen molar-refractivity contribution in [1.82, 2.24) is 0 Å². The normalized spacial score (nSPS) is 30.6. The van der Waals surface area contributed by atoms with Gasteiger partial charge in [0, 0.05) is 13.3 Å². The van der Waals surface area contributed by atoms with Gasteiger partial charge in [0.15, 0.2) is 0 Å². The highest BCUT2D eigenvalue weighted by atomic mass is 16.6. The van der Waals surface area contributed by atoms with Gasteiger partial charge in [-0.05, 0) is 51.4 Å². The average Bonchev–Trinajstić information content (AvgIpc) is 2.45. The summed E-state index contributed by atoms with van der Waals surface area (Å²) in [6.07, 6.45) is 8.28. The minimum Gasteiger partial charge on any atom is -0.465 e. The highest BCUT2D eigenvalue weighted by Gasteiger charge is 2.44. The van der Waals surface area contributed by atoms with Crippen molar-refractivity contribution in [1.29, 1.82) is 0 Å². The first-order valence-electron chi connectivity index (χ1n) is 9.13. The van der Waals surface area contributed by atoms with Crippen LogP contribution in [0.2, 0.25) is 0 Å². The van der Waals surface area contributed by atoms with Crippen LogP contribution < -0.4 is 0 Å². The largest absolute Gasteiger partial charge is 0.465 e. The van der Waals surface area contributed by atoms with Crippen molar-refractivity contribution < 1.29 is 19.1 Å². The van der Waals surface area contributed by atoms with E-state index in [1.807, 2.05) is 20.8 Å². The van der Waals surface area contributed by atoms with Gasteiger partial charge in [0.2, 0.25) is 0 Å². The lowest BCUT2D eigenvalue weighted by molar-refractivity contribution is -0.172. The molecule has 2 aliphatic rings. The maximum atomic E-state index is 12.1. The van der Waals surface area contributed by atoms with E-state index in [4.69, 9.17) is 9.47 Å². The van der Waals surface area contributed by atoms with Gasteiger partial charge in [-0.15, -0.1) is 0 Å². The van der Waals surface area contributed by atoms with E-state index in [0.717, 1.165) is 19.3 Å². The average molecular weight is 324 g/mol. The van der Waals surface area contributed by atoms with Gasteiger partial charge in [0.05, 0.1) is 12.0 Å². The molecule has 2 atom stereocenters. The molecule has 0 radical (unpaired) electrons. The molecule has 0 N–H and O–H groups in total. The Morgan fingerprint density at radius 1 is 1.17 bits per heavy atom. The summed E-state index contributed by atoms with van der Waals surface area (Å²) in [5.74, 6) is 0.938. The fourth-order valence-electron chi connectivity index (χ4n) is 4.22. The Bertz CT molecular complexity index is 429. The number of ether oxygens (including phenoxy) is 2. The van der Waals surface area contributed by atoms with Gasteiger partial charge in [0.1, 0.15) is 5.60 Å². The van der Waals surface area contributed by atoms with Crippen molar-refractivity contribution in [2.75, 3.05) is 6.61 Å². The molecule has 2 aliphatic carbocycles. The van der Waals surface area contributed by atoms with Crippen LogP contribution in [0.4, 0.5) is 0 Å². The minimum absolute atomic E-state index is 0.158. The summed E-state index contributed by atoms with van der Waals surface area (Å²) in [5.41, 5.74) is -0.867. The molecule has 2 bridgehead atoms. The quantitative estimate of drug-likeness (QED) is 0.685. The third-order valence-electron chi connectivity index (χ3n) is 5.80. The number of hydrogen-bond acceptors (Lipinski definition) is 4. The molecule has 2 fully saturated rings. The second kappa shape index (κ2) is 7.23. The Balaban J connectivity index is 1.96. The lowest BCUT2D eigenvalue weighted by Gasteiger charge is -2.46. The van der Waals surface area contributed by atoms with Gasteiger partial charge in [-0.1, -0.05) is 26.2 Å². The van der Waals surface area contributed by atoms with Gasteiger partial charge < -0.3 is 9.47 Å². The second-order valence-electron chi connectivity index (χ2n) is 8.21. The number of esters is 2. The summed E-state index contributed by atoms with van der Waals surface area (Å²) < 4.78 is 11.3. The lowest BCUT2D eigenvalue weighted by atomic mass is 9.65. The van der Waals surface area contributed by atoms with Crippen LogP contribution in [-0.4, -0.2) is 24.1 Å². The topological polar surface area (TPSA) is 52.6 Å². The van der Waals surface area contributed by atoms with Crippen LogP contribution in [0.25, 0.3) is 0 Å². The van der Waals surface area contributed by atoms with Crippen LogP contribution in [-0.2, 0) is 19.1 Å². The van der Waals surface area contributed by atoms with Gasteiger partial charge in [0.25, 0.3) is 0 Å². The first-order chi connectivity index (χ1) is 10.8. The molecule has 2 saturated carbocycles. The van der Waals surface area contributed by atoms with E-state index < -0.39 is 11.0 Å². The molecule has 2 unspecified atom stereocenters. The standard InChI is InChI=1S/C19H32O4/c1-5-18(3,4)17(21)22-10-9-19(23-14(2)20)12-15-7-6-8-16(11-15)13-19/h15-16H,5-13H2,1-4H3. The van der Waals surface area contributed by atoms with Crippen molar-refractivity contribution in [2.45, 2.75) is 84.7 Å². The van der Waals surface area contributed by atoms with Crippen molar-refractivity contribution in [3.63, 3.8) is 0 Å². The van der Waals surface area contributed by atoms with Gasteiger partial charge in [-0.3, -0.25) is 9.59 Å². The zero-order chi connectivity index (χ0) is 17.1. The lowest BCUT2D eigenvalue weighted by Crippen LogP contribution is -2.45. The van der Waals surface area contributed by atoms with E-state index in [2.05, 4.69) is 0 Å². The zero-order valence-corrected chi connectivity index (χ0v) is 15.2. The highest BCUT2D eigenvalue weighted by molar-refractivity contribution is 5.75. The Labute approximate surface area is 140 Å². The molecule has 2 rings (SSSR count). The second-order valence-corrected chi connectivity index (χ2v) is 8.21. The van der Waals surface area contributed by atoms with Gasteiger partial charge in [-0.2, -0.15) is 0 Å². The van der Waals surface area contributed by atoms with E-state index in [0.29, 0.717) is 24.9 Å². The van der Waals surface area contributed by atoms with Crippen LogP contribution in [0, 0.1) is 17.3 Å². The number of rotatable bonds is 6. The molecule has 4 nitrogen and oxygen atoms in total.